The number of carbonyl (C=O) groups excluding carboxylic acids is 1. The first-order valence-electron chi connectivity index (χ1n) is 10.2. The van der Waals surface area contributed by atoms with E-state index in [0.29, 0.717) is 48.1 Å². The standard InChI is InChI=1S/C20H22N6O4S2/c1-3-14(15-9-13(7-8-22-15)32(28,29)12-5-6-12)24-18(27)20-26-25-19(31-20)16-10-21-11-17(23-16)30-4-2/h7-12,14H,3-6H2,1-2H3,(H,24,27)/t14-/m0/s1. The molecule has 1 amide bonds. The molecule has 3 heterocycles. The molecule has 1 aliphatic carbocycles. The van der Waals surface area contributed by atoms with Gasteiger partial charge in [0.15, 0.2) is 14.8 Å². The van der Waals surface area contributed by atoms with Crippen molar-refractivity contribution in [3.8, 4) is 16.6 Å². The average Bonchev–Trinajstić information content (AvgIpc) is 3.55. The van der Waals surface area contributed by atoms with Crippen molar-refractivity contribution >= 4 is 27.1 Å². The summed E-state index contributed by atoms with van der Waals surface area (Å²) in [6, 6.07) is 2.58. The van der Waals surface area contributed by atoms with E-state index in [9.17, 15) is 13.2 Å². The maximum Gasteiger partial charge on any atom is 0.282 e. The Morgan fingerprint density at radius 2 is 2.09 bits per heavy atom. The number of hydrogen-bond acceptors (Lipinski definition) is 10. The van der Waals surface area contributed by atoms with Crippen LogP contribution in [0.5, 0.6) is 5.88 Å². The Kier molecular flexibility index (Phi) is 6.42. The normalized spacial score (nSPS) is 14.7. The van der Waals surface area contributed by atoms with Gasteiger partial charge in [-0.15, -0.1) is 10.2 Å². The lowest BCUT2D eigenvalue weighted by atomic mass is 10.1. The van der Waals surface area contributed by atoms with Crippen molar-refractivity contribution in [2.24, 2.45) is 0 Å². The molecule has 3 aromatic rings. The minimum Gasteiger partial charge on any atom is -0.477 e. The van der Waals surface area contributed by atoms with E-state index in [1.165, 1.54) is 24.7 Å². The SMILES string of the molecule is CCOc1cncc(-c2nnc(C(=O)N[C@@H](CC)c3cc(S(=O)(=O)C4CC4)ccn3)s2)n1. The van der Waals surface area contributed by atoms with Crippen molar-refractivity contribution in [2.45, 2.75) is 49.3 Å². The van der Waals surface area contributed by atoms with Crippen LogP contribution in [0.1, 0.15) is 54.6 Å². The van der Waals surface area contributed by atoms with Gasteiger partial charge in [0.2, 0.25) is 10.9 Å². The zero-order chi connectivity index (χ0) is 22.7. The minimum atomic E-state index is -3.34. The zero-order valence-corrected chi connectivity index (χ0v) is 19.2. The van der Waals surface area contributed by atoms with E-state index >= 15 is 0 Å². The second kappa shape index (κ2) is 9.25. The maximum absolute atomic E-state index is 12.8. The van der Waals surface area contributed by atoms with Crippen LogP contribution in [0.4, 0.5) is 0 Å². The number of hydrogen-bond donors (Lipinski definition) is 1. The molecule has 1 saturated carbocycles. The number of pyridine rings is 1. The number of rotatable bonds is 9. The van der Waals surface area contributed by atoms with Gasteiger partial charge < -0.3 is 10.1 Å². The molecule has 0 spiro atoms. The number of nitrogens with one attached hydrogen (secondary N) is 1. The number of amides is 1. The van der Waals surface area contributed by atoms with Crippen molar-refractivity contribution in [2.75, 3.05) is 6.61 Å². The summed E-state index contributed by atoms with van der Waals surface area (Å²) in [7, 11) is -3.34. The second-order valence-electron chi connectivity index (χ2n) is 7.18. The van der Waals surface area contributed by atoms with Crippen molar-refractivity contribution in [3.63, 3.8) is 0 Å². The van der Waals surface area contributed by atoms with Crippen LogP contribution in [0.15, 0.2) is 35.6 Å². The monoisotopic (exact) mass is 474 g/mol. The molecule has 0 unspecified atom stereocenters. The van der Waals surface area contributed by atoms with E-state index < -0.39 is 21.8 Å². The largest absolute Gasteiger partial charge is 0.477 e. The highest BCUT2D eigenvalue weighted by Crippen LogP contribution is 2.34. The van der Waals surface area contributed by atoms with Gasteiger partial charge in [-0.3, -0.25) is 14.8 Å². The molecular weight excluding hydrogens is 452 g/mol. The number of sulfone groups is 1. The lowest BCUT2D eigenvalue weighted by Crippen LogP contribution is -2.29. The molecule has 0 aliphatic heterocycles. The lowest BCUT2D eigenvalue weighted by molar-refractivity contribution is 0.0933. The third kappa shape index (κ3) is 4.75. The molecule has 1 atom stereocenters. The first-order chi connectivity index (χ1) is 15.4. The number of aromatic nitrogens is 5. The summed E-state index contributed by atoms with van der Waals surface area (Å²) >= 11 is 1.08. The fourth-order valence-corrected chi connectivity index (χ4v) is 5.44. The van der Waals surface area contributed by atoms with Crippen molar-refractivity contribution in [3.05, 3.63) is 41.4 Å². The minimum absolute atomic E-state index is 0.156. The van der Waals surface area contributed by atoms with Gasteiger partial charge in [0, 0.05) is 6.20 Å². The number of carbonyl (C=O) groups is 1. The molecule has 0 saturated heterocycles. The Hall–Kier alpha value is -2.99. The lowest BCUT2D eigenvalue weighted by Gasteiger charge is -2.16. The van der Waals surface area contributed by atoms with Gasteiger partial charge >= 0.3 is 0 Å². The highest BCUT2D eigenvalue weighted by molar-refractivity contribution is 7.92. The van der Waals surface area contributed by atoms with E-state index in [4.69, 9.17) is 4.74 Å². The molecule has 32 heavy (non-hydrogen) atoms. The van der Waals surface area contributed by atoms with Gasteiger partial charge in [0.25, 0.3) is 5.91 Å². The molecule has 0 radical (unpaired) electrons. The molecule has 10 nitrogen and oxygen atoms in total. The summed E-state index contributed by atoms with van der Waals surface area (Å²) in [4.78, 5) is 25.7. The third-order valence-corrected chi connectivity index (χ3v) is 8.06. The molecule has 3 aromatic heterocycles. The van der Waals surface area contributed by atoms with Crippen LogP contribution in [-0.4, -0.2) is 51.3 Å². The number of nitrogens with zero attached hydrogens (tertiary/aromatic N) is 5. The Bertz CT molecular complexity index is 1230. The van der Waals surface area contributed by atoms with Crippen LogP contribution >= 0.6 is 11.3 Å². The fourth-order valence-electron chi connectivity index (χ4n) is 3.06. The van der Waals surface area contributed by atoms with Crippen molar-refractivity contribution < 1.29 is 17.9 Å². The van der Waals surface area contributed by atoms with Gasteiger partial charge in [-0.25, -0.2) is 13.4 Å². The summed E-state index contributed by atoms with van der Waals surface area (Å²) in [5.41, 5.74) is 0.946. The molecule has 168 valence electrons. The molecule has 0 bridgehead atoms. The average molecular weight is 475 g/mol. The maximum atomic E-state index is 12.8. The van der Waals surface area contributed by atoms with E-state index in [1.54, 1.807) is 6.07 Å². The Morgan fingerprint density at radius 3 is 2.81 bits per heavy atom. The van der Waals surface area contributed by atoms with Crippen LogP contribution in [-0.2, 0) is 9.84 Å². The topological polar surface area (TPSA) is 137 Å². The van der Waals surface area contributed by atoms with Gasteiger partial charge in [-0.2, -0.15) is 0 Å². The Labute approximate surface area is 189 Å². The predicted octanol–water partition coefficient (Wildman–Crippen LogP) is 2.61. The highest BCUT2D eigenvalue weighted by Gasteiger charge is 2.37. The quantitative estimate of drug-likeness (QED) is 0.496. The summed E-state index contributed by atoms with van der Waals surface area (Å²) < 4.78 is 30.4. The van der Waals surface area contributed by atoms with Gasteiger partial charge in [0.05, 0.1) is 40.9 Å². The Balaban J connectivity index is 1.50. The van der Waals surface area contributed by atoms with Gasteiger partial charge in [0.1, 0.15) is 5.69 Å². The smallest absolute Gasteiger partial charge is 0.282 e. The first-order valence-corrected chi connectivity index (χ1v) is 12.6. The molecule has 1 fully saturated rings. The summed E-state index contributed by atoms with van der Waals surface area (Å²) in [5, 5.41) is 11.2. The predicted molar refractivity (Wildman–Crippen MR) is 117 cm³/mol. The third-order valence-electron chi connectivity index (χ3n) is 4.86. The van der Waals surface area contributed by atoms with E-state index in [1.807, 2.05) is 13.8 Å². The highest BCUT2D eigenvalue weighted by atomic mass is 32.2. The van der Waals surface area contributed by atoms with Crippen LogP contribution < -0.4 is 10.1 Å². The van der Waals surface area contributed by atoms with Crippen LogP contribution in [0.25, 0.3) is 10.7 Å². The van der Waals surface area contributed by atoms with Crippen LogP contribution in [0.3, 0.4) is 0 Å². The fraction of sp³-hybridized carbons (Fsp3) is 0.400. The Morgan fingerprint density at radius 1 is 1.28 bits per heavy atom. The van der Waals surface area contributed by atoms with Gasteiger partial charge in [-0.1, -0.05) is 18.3 Å². The molecule has 0 aromatic carbocycles. The summed E-state index contributed by atoms with van der Waals surface area (Å²) in [6.07, 6.45) is 6.38. The van der Waals surface area contributed by atoms with Crippen molar-refractivity contribution in [1.82, 2.24) is 30.5 Å². The second-order valence-corrected chi connectivity index (χ2v) is 10.4. The number of ether oxygens (including phenoxy) is 1. The van der Waals surface area contributed by atoms with Crippen LogP contribution in [0.2, 0.25) is 0 Å². The molecule has 1 N–H and O–H groups in total. The molecule has 4 rings (SSSR count). The van der Waals surface area contributed by atoms with E-state index in [0.717, 1.165) is 11.3 Å². The van der Waals surface area contributed by atoms with E-state index in [-0.39, 0.29) is 15.2 Å². The van der Waals surface area contributed by atoms with Crippen molar-refractivity contribution in [1.29, 1.82) is 0 Å². The zero-order valence-electron chi connectivity index (χ0n) is 17.6. The van der Waals surface area contributed by atoms with Crippen LogP contribution in [0, 0.1) is 0 Å². The first kappa shape index (κ1) is 22.2. The van der Waals surface area contributed by atoms with E-state index in [2.05, 4.69) is 30.5 Å². The molecular formula is C20H22N6O4S2. The molecule has 12 heteroatoms. The molecule has 1 aliphatic rings. The summed E-state index contributed by atoms with van der Waals surface area (Å²) in [6.45, 7) is 4.18. The summed E-state index contributed by atoms with van der Waals surface area (Å²) in [5.74, 6) is -0.0591. The van der Waals surface area contributed by atoms with Gasteiger partial charge in [-0.05, 0) is 38.3 Å².